The Labute approximate surface area is 130 Å². The van der Waals surface area contributed by atoms with Gasteiger partial charge in [0.05, 0.1) is 16.3 Å². The van der Waals surface area contributed by atoms with Crippen LogP contribution in [0.25, 0.3) is 0 Å². The molecule has 1 amide bonds. The smallest absolute Gasteiger partial charge is 0.250 e. The summed E-state index contributed by atoms with van der Waals surface area (Å²) in [6, 6.07) is 3.20. The average Bonchev–Trinajstić information content (AvgIpc) is 2.86. The van der Waals surface area contributed by atoms with Crippen molar-refractivity contribution in [2.24, 2.45) is 5.73 Å². The monoisotopic (exact) mass is 310 g/mol. The van der Waals surface area contributed by atoms with Crippen LogP contribution in [0.5, 0.6) is 0 Å². The van der Waals surface area contributed by atoms with Crippen molar-refractivity contribution in [3.8, 4) is 0 Å². The van der Waals surface area contributed by atoms with Gasteiger partial charge in [-0.3, -0.25) is 4.79 Å². The summed E-state index contributed by atoms with van der Waals surface area (Å²) < 4.78 is 0. The van der Waals surface area contributed by atoms with Crippen LogP contribution < -0.4 is 16.8 Å². The normalized spacial score (nSPS) is 17.1. The number of primary amides is 1. The standard InChI is InChI=1S/C15H23ClN4O/c1-20(2)15(5-3-4-6-15)9-19-13-11(14(18)21)7-10(17)8-12(13)16/h7-8,19H,3-6,9,17H2,1-2H3,(H2,18,21). The molecule has 0 spiro atoms. The van der Waals surface area contributed by atoms with E-state index < -0.39 is 5.91 Å². The van der Waals surface area contributed by atoms with E-state index in [4.69, 9.17) is 23.1 Å². The van der Waals surface area contributed by atoms with Gasteiger partial charge in [-0.05, 0) is 39.1 Å². The first-order chi connectivity index (χ1) is 9.85. The molecule has 1 aliphatic rings. The molecular formula is C15H23ClN4O. The molecule has 0 radical (unpaired) electrons. The molecule has 0 saturated heterocycles. The Bertz CT molecular complexity index is 539. The Balaban J connectivity index is 2.25. The lowest BCUT2D eigenvalue weighted by molar-refractivity contribution is 0.100. The van der Waals surface area contributed by atoms with Crippen LogP contribution in [0.4, 0.5) is 11.4 Å². The lowest BCUT2D eigenvalue weighted by Gasteiger charge is -2.37. The Morgan fingerprint density at radius 1 is 1.38 bits per heavy atom. The Kier molecular flexibility index (Phi) is 4.64. The maximum Gasteiger partial charge on any atom is 0.250 e. The highest BCUT2D eigenvalue weighted by atomic mass is 35.5. The highest BCUT2D eigenvalue weighted by molar-refractivity contribution is 6.34. The summed E-state index contributed by atoms with van der Waals surface area (Å²) in [5.41, 5.74) is 12.6. The van der Waals surface area contributed by atoms with Crippen LogP contribution in [-0.2, 0) is 0 Å². The molecular weight excluding hydrogens is 288 g/mol. The van der Waals surface area contributed by atoms with Crippen molar-refractivity contribution in [1.29, 1.82) is 0 Å². The van der Waals surface area contributed by atoms with Crippen molar-refractivity contribution >= 4 is 28.9 Å². The van der Waals surface area contributed by atoms with Gasteiger partial charge in [-0.2, -0.15) is 0 Å². The second-order valence-corrected chi connectivity index (χ2v) is 6.38. The van der Waals surface area contributed by atoms with E-state index in [2.05, 4.69) is 24.3 Å². The summed E-state index contributed by atoms with van der Waals surface area (Å²) in [6.45, 7) is 0.726. The van der Waals surface area contributed by atoms with E-state index in [0.29, 0.717) is 22.0 Å². The molecule has 0 aliphatic heterocycles. The molecule has 1 aliphatic carbocycles. The number of hydrogen-bond acceptors (Lipinski definition) is 4. The number of anilines is 2. The lowest BCUT2D eigenvalue weighted by Crippen LogP contribution is -2.47. The third-order valence-corrected chi connectivity index (χ3v) is 4.75. The summed E-state index contributed by atoms with van der Waals surface area (Å²) in [5, 5.41) is 3.75. The number of halogens is 1. The van der Waals surface area contributed by atoms with Crippen molar-refractivity contribution in [1.82, 2.24) is 4.90 Å². The molecule has 0 atom stereocenters. The van der Waals surface area contributed by atoms with Crippen molar-refractivity contribution in [2.45, 2.75) is 31.2 Å². The van der Waals surface area contributed by atoms with Gasteiger partial charge in [-0.25, -0.2) is 0 Å². The molecule has 21 heavy (non-hydrogen) atoms. The molecule has 1 saturated carbocycles. The maximum absolute atomic E-state index is 11.6. The van der Waals surface area contributed by atoms with E-state index in [9.17, 15) is 4.79 Å². The molecule has 116 valence electrons. The van der Waals surface area contributed by atoms with Crippen LogP contribution in [-0.4, -0.2) is 37.0 Å². The molecule has 0 unspecified atom stereocenters. The zero-order chi connectivity index (χ0) is 15.6. The summed E-state index contributed by atoms with van der Waals surface area (Å²) in [6.07, 6.45) is 4.70. The van der Waals surface area contributed by atoms with Gasteiger partial charge in [-0.1, -0.05) is 24.4 Å². The van der Waals surface area contributed by atoms with Crippen LogP contribution in [0.15, 0.2) is 12.1 Å². The number of nitrogen functional groups attached to an aromatic ring is 1. The average molecular weight is 311 g/mol. The lowest BCUT2D eigenvalue weighted by atomic mass is 9.95. The largest absolute Gasteiger partial charge is 0.399 e. The molecule has 0 aromatic heterocycles. The van der Waals surface area contributed by atoms with Gasteiger partial charge >= 0.3 is 0 Å². The van der Waals surface area contributed by atoms with Crippen LogP contribution in [0, 0.1) is 0 Å². The van der Waals surface area contributed by atoms with Crippen molar-refractivity contribution in [2.75, 3.05) is 31.7 Å². The molecule has 2 rings (SSSR count). The molecule has 6 heteroatoms. The fraction of sp³-hybridized carbons (Fsp3) is 0.533. The number of nitrogens with two attached hydrogens (primary N) is 2. The minimum atomic E-state index is -0.531. The summed E-state index contributed by atoms with van der Waals surface area (Å²) in [7, 11) is 4.18. The second-order valence-electron chi connectivity index (χ2n) is 5.97. The second kappa shape index (κ2) is 6.12. The van der Waals surface area contributed by atoms with Crippen LogP contribution in [0.1, 0.15) is 36.0 Å². The predicted molar refractivity (Wildman–Crippen MR) is 87.8 cm³/mol. The number of carbonyl (C=O) groups excluding carboxylic acids is 1. The number of nitrogens with one attached hydrogen (secondary N) is 1. The number of hydrogen-bond donors (Lipinski definition) is 3. The van der Waals surface area contributed by atoms with E-state index in [1.165, 1.54) is 12.8 Å². The summed E-state index contributed by atoms with van der Waals surface area (Å²) in [4.78, 5) is 13.8. The number of amides is 1. The van der Waals surface area contributed by atoms with Crippen LogP contribution in [0.2, 0.25) is 5.02 Å². The fourth-order valence-corrected chi connectivity index (χ4v) is 3.36. The number of likely N-dealkylation sites (N-methyl/N-ethyl adjacent to an activating group) is 1. The van der Waals surface area contributed by atoms with E-state index in [1.807, 2.05) is 0 Å². The van der Waals surface area contributed by atoms with Crippen molar-refractivity contribution < 1.29 is 4.79 Å². The van der Waals surface area contributed by atoms with Crippen molar-refractivity contribution in [3.05, 3.63) is 22.7 Å². The van der Waals surface area contributed by atoms with Gasteiger partial charge < -0.3 is 21.7 Å². The molecule has 5 N–H and O–H groups in total. The van der Waals surface area contributed by atoms with Gasteiger partial charge in [0.15, 0.2) is 0 Å². The van der Waals surface area contributed by atoms with E-state index in [-0.39, 0.29) is 5.54 Å². The highest BCUT2D eigenvalue weighted by Gasteiger charge is 2.36. The first kappa shape index (κ1) is 15.9. The fourth-order valence-electron chi connectivity index (χ4n) is 3.07. The van der Waals surface area contributed by atoms with Gasteiger partial charge in [0.1, 0.15) is 0 Å². The van der Waals surface area contributed by atoms with Crippen molar-refractivity contribution in [3.63, 3.8) is 0 Å². The topological polar surface area (TPSA) is 84.4 Å². The highest BCUT2D eigenvalue weighted by Crippen LogP contribution is 2.36. The molecule has 1 aromatic carbocycles. The van der Waals surface area contributed by atoms with E-state index >= 15 is 0 Å². The zero-order valence-electron chi connectivity index (χ0n) is 12.6. The predicted octanol–water partition coefficient (Wildman–Crippen LogP) is 2.31. The summed E-state index contributed by atoms with van der Waals surface area (Å²) >= 11 is 6.23. The maximum atomic E-state index is 11.6. The van der Waals surface area contributed by atoms with E-state index in [0.717, 1.165) is 19.4 Å². The molecule has 1 aromatic rings. The number of benzene rings is 1. The Hall–Kier alpha value is -1.46. The molecule has 1 fully saturated rings. The third kappa shape index (κ3) is 3.24. The molecule has 0 bridgehead atoms. The zero-order valence-corrected chi connectivity index (χ0v) is 13.3. The van der Waals surface area contributed by atoms with Gasteiger partial charge in [0.2, 0.25) is 0 Å². The van der Waals surface area contributed by atoms with Gasteiger partial charge in [-0.15, -0.1) is 0 Å². The summed E-state index contributed by atoms with van der Waals surface area (Å²) in [5.74, 6) is -0.531. The Morgan fingerprint density at radius 3 is 2.52 bits per heavy atom. The van der Waals surface area contributed by atoms with E-state index in [1.54, 1.807) is 12.1 Å². The number of carbonyl (C=O) groups is 1. The molecule has 0 heterocycles. The van der Waals surface area contributed by atoms with Crippen LogP contribution >= 0.6 is 11.6 Å². The number of rotatable bonds is 5. The Morgan fingerprint density at radius 2 is 2.00 bits per heavy atom. The first-order valence-electron chi connectivity index (χ1n) is 7.16. The SMILES string of the molecule is CN(C)C1(CNc2c(Cl)cc(N)cc2C(N)=O)CCCC1. The number of nitrogens with zero attached hydrogens (tertiary/aromatic N) is 1. The van der Waals surface area contributed by atoms with Gasteiger partial charge in [0, 0.05) is 17.8 Å². The third-order valence-electron chi connectivity index (χ3n) is 4.46. The van der Waals surface area contributed by atoms with Gasteiger partial charge in [0.25, 0.3) is 5.91 Å². The van der Waals surface area contributed by atoms with Crippen LogP contribution in [0.3, 0.4) is 0 Å². The first-order valence-corrected chi connectivity index (χ1v) is 7.54. The minimum absolute atomic E-state index is 0.0969. The quantitative estimate of drug-likeness (QED) is 0.729. The minimum Gasteiger partial charge on any atom is -0.399 e. The molecule has 5 nitrogen and oxygen atoms in total.